The van der Waals surface area contributed by atoms with E-state index in [1.165, 1.54) is 7.11 Å². The normalized spacial score (nSPS) is 20.7. The summed E-state index contributed by atoms with van der Waals surface area (Å²) in [4.78, 5) is 70.4. The maximum absolute atomic E-state index is 13.7. The Balaban J connectivity index is 1.15. The number of carboxylic acid groups (broad SMARTS) is 1. The average Bonchev–Trinajstić information content (AvgIpc) is 3.96. The van der Waals surface area contributed by atoms with E-state index < -0.39 is 24.3 Å². The minimum absolute atomic E-state index is 0.123. The van der Waals surface area contributed by atoms with E-state index in [1.807, 2.05) is 75.1 Å². The quantitative estimate of drug-likeness (QED) is 0.132. The number of imidazole rings is 2. The van der Waals surface area contributed by atoms with Crippen LogP contribution in [0.3, 0.4) is 0 Å². The van der Waals surface area contributed by atoms with E-state index in [0.29, 0.717) is 36.9 Å². The molecule has 2 aromatic heterocycles. The Kier molecular flexibility index (Phi) is 11.5. The predicted molar refractivity (Wildman–Crippen MR) is 207 cm³/mol. The number of carbonyl (C=O) groups is 4. The van der Waals surface area contributed by atoms with Gasteiger partial charge in [-0.2, -0.15) is 0 Å². The highest BCUT2D eigenvalue weighted by Gasteiger charge is 2.41. The molecule has 4 aromatic rings. The number of benzene rings is 2. The summed E-state index contributed by atoms with van der Waals surface area (Å²) in [5, 5.41) is 14.4. The predicted octanol–water partition coefficient (Wildman–Crippen LogP) is 5.84. The van der Waals surface area contributed by atoms with Crippen LogP contribution in [0.1, 0.15) is 89.4 Å². The van der Waals surface area contributed by atoms with E-state index in [-0.39, 0.29) is 47.6 Å². The summed E-state index contributed by atoms with van der Waals surface area (Å²) in [6, 6.07) is 11.9. The van der Waals surface area contributed by atoms with Crippen LogP contribution in [0, 0.1) is 35.5 Å². The molecule has 290 valence electrons. The Morgan fingerprint density at radius 2 is 1.40 bits per heavy atom. The second kappa shape index (κ2) is 16.3. The molecule has 6 atom stereocenters. The zero-order valence-electron chi connectivity index (χ0n) is 32.3. The van der Waals surface area contributed by atoms with Crippen LogP contribution < -0.4 is 10.6 Å². The van der Waals surface area contributed by atoms with Gasteiger partial charge in [-0.15, -0.1) is 0 Å². The molecule has 6 rings (SSSR count). The van der Waals surface area contributed by atoms with Crippen molar-refractivity contribution in [2.75, 3.05) is 20.2 Å². The van der Waals surface area contributed by atoms with Crippen LogP contribution in [0.2, 0.25) is 0 Å². The Hall–Kier alpha value is -5.84. The average molecular weight is 751 g/mol. The van der Waals surface area contributed by atoms with Crippen molar-refractivity contribution in [2.24, 2.45) is 23.7 Å². The highest BCUT2D eigenvalue weighted by atomic mass is 16.5. The van der Waals surface area contributed by atoms with Crippen LogP contribution in [0.25, 0.3) is 22.2 Å². The topological polar surface area (TPSA) is 186 Å². The summed E-state index contributed by atoms with van der Waals surface area (Å²) < 4.78 is 4.77. The number of hydrogen-bond donors (Lipinski definition) is 5. The molecule has 14 nitrogen and oxygen atoms in total. The summed E-state index contributed by atoms with van der Waals surface area (Å²) in [7, 11) is 1.29. The van der Waals surface area contributed by atoms with Crippen molar-refractivity contribution >= 4 is 35.0 Å². The van der Waals surface area contributed by atoms with Gasteiger partial charge in [0.2, 0.25) is 11.8 Å². The molecule has 0 spiro atoms. The van der Waals surface area contributed by atoms with Gasteiger partial charge < -0.3 is 40.2 Å². The van der Waals surface area contributed by atoms with Crippen LogP contribution >= 0.6 is 0 Å². The monoisotopic (exact) mass is 750 g/mol. The largest absolute Gasteiger partial charge is 0.465 e. The molecular weight excluding hydrogens is 701 g/mol. The molecule has 0 unspecified atom stereocenters. The number of methoxy groups -OCH3 is 1. The van der Waals surface area contributed by atoms with E-state index in [0.717, 1.165) is 34.1 Å². The summed E-state index contributed by atoms with van der Waals surface area (Å²) in [5.74, 6) is 7.42. The fourth-order valence-electron chi connectivity index (χ4n) is 7.62. The molecule has 0 bridgehead atoms. The second-order valence-corrected chi connectivity index (χ2v) is 15.6. The van der Waals surface area contributed by atoms with Crippen LogP contribution in [0.15, 0.2) is 48.7 Å². The molecular formula is C41H50N8O6. The third-order valence-corrected chi connectivity index (χ3v) is 10.5. The molecule has 2 aliphatic heterocycles. The maximum atomic E-state index is 13.7. The lowest BCUT2D eigenvalue weighted by atomic mass is 10.0. The smallest absolute Gasteiger partial charge is 0.407 e. The van der Waals surface area contributed by atoms with E-state index in [1.54, 1.807) is 11.1 Å². The van der Waals surface area contributed by atoms with E-state index in [4.69, 9.17) is 14.7 Å². The molecule has 5 N–H and O–H groups in total. The second-order valence-electron chi connectivity index (χ2n) is 15.6. The van der Waals surface area contributed by atoms with Gasteiger partial charge in [-0.05, 0) is 77.8 Å². The molecule has 0 radical (unpaired) electrons. The van der Waals surface area contributed by atoms with Crippen LogP contribution in [-0.2, 0) is 14.3 Å². The minimum atomic E-state index is -1.22. The molecule has 2 aromatic carbocycles. The van der Waals surface area contributed by atoms with Crippen LogP contribution in [-0.4, -0.2) is 91.1 Å². The number of nitrogens with one attached hydrogen (secondary N) is 4. The zero-order valence-corrected chi connectivity index (χ0v) is 32.3. The van der Waals surface area contributed by atoms with Gasteiger partial charge in [0.15, 0.2) is 0 Å². The number of likely N-dealkylation sites (tertiary alicyclic amines) is 2. The minimum Gasteiger partial charge on any atom is -0.465 e. The molecule has 2 fully saturated rings. The Labute approximate surface area is 320 Å². The van der Waals surface area contributed by atoms with Crippen molar-refractivity contribution in [3.05, 3.63) is 71.6 Å². The first-order valence-electron chi connectivity index (χ1n) is 18.8. The Bertz CT molecular complexity index is 2110. The number of hydrogen-bond acceptors (Lipinski definition) is 7. The molecule has 4 heterocycles. The molecule has 55 heavy (non-hydrogen) atoms. The SMILES string of the molecule is COC(=O)N[C@H](C(=O)N1C[C@@H](C)C[C@H]1c1nc2cc(-c3ccc(C#Cc4c[nH]c([C@@H]5C[C@H](C)CN5C(=O)[C@@H](NC(=O)O)C(C)C)n4)cc3)ccc2[nH]1)C(C)C. The first-order valence-corrected chi connectivity index (χ1v) is 18.8. The lowest BCUT2D eigenvalue weighted by Crippen LogP contribution is -2.51. The number of alkyl carbamates (subject to hydrolysis) is 1. The number of ether oxygens (including phenoxy) is 1. The number of aromatic amines is 2. The van der Waals surface area contributed by atoms with Gasteiger partial charge in [0, 0.05) is 24.8 Å². The lowest BCUT2D eigenvalue weighted by Gasteiger charge is -2.30. The first-order chi connectivity index (χ1) is 26.2. The number of aromatic nitrogens is 4. The van der Waals surface area contributed by atoms with Gasteiger partial charge in [0.25, 0.3) is 0 Å². The summed E-state index contributed by atoms with van der Waals surface area (Å²) in [6.07, 6.45) is 1.34. The number of fused-ring (bicyclic) bond motifs is 1. The molecule has 2 aliphatic rings. The van der Waals surface area contributed by atoms with Crippen LogP contribution in [0.5, 0.6) is 0 Å². The fourth-order valence-corrected chi connectivity index (χ4v) is 7.62. The van der Waals surface area contributed by atoms with Gasteiger partial charge in [-0.3, -0.25) is 9.59 Å². The molecule has 2 saturated heterocycles. The van der Waals surface area contributed by atoms with Crippen molar-refractivity contribution in [2.45, 2.75) is 78.6 Å². The Morgan fingerprint density at radius 1 is 0.818 bits per heavy atom. The van der Waals surface area contributed by atoms with Gasteiger partial charge in [0.05, 0.1) is 30.2 Å². The van der Waals surface area contributed by atoms with Gasteiger partial charge in [0.1, 0.15) is 29.4 Å². The van der Waals surface area contributed by atoms with Crippen molar-refractivity contribution in [3.8, 4) is 23.0 Å². The summed E-state index contributed by atoms with van der Waals surface area (Å²) >= 11 is 0. The first kappa shape index (κ1) is 38.9. The van der Waals surface area contributed by atoms with E-state index in [9.17, 15) is 24.3 Å². The van der Waals surface area contributed by atoms with Gasteiger partial charge in [-0.25, -0.2) is 19.6 Å². The standard InChI is InChI=1S/C41H50N8O6/c1-22(2)34(46-40(52)53)38(50)48-20-24(5)16-32(48)36-42-19-29(43-36)14-10-26-8-11-27(12-9-26)28-13-15-30-31(18-28)45-37(44-30)33-17-25(6)21-49(33)39(51)35(23(3)4)47-41(54)55-7/h8-9,11-13,15,18-19,22-25,32-35,46H,16-17,20-21H2,1-7H3,(H,42,43)(H,44,45)(H,47,54)(H,52,53)/t24-,25-,32-,33-,34-,35-/m0/s1. The number of amides is 4. The van der Waals surface area contributed by atoms with Gasteiger partial charge >= 0.3 is 12.2 Å². The maximum Gasteiger partial charge on any atom is 0.407 e. The number of rotatable bonds is 9. The van der Waals surface area contributed by atoms with Crippen molar-refractivity contribution < 1.29 is 29.0 Å². The van der Waals surface area contributed by atoms with E-state index >= 15 is 0 Å². The van der Waals surface area contributed by atoms with Crippen LogP contribution in [0.4, 0.5) is 9.59 Å². The lowest BCUT2D eigenvalue weighted by molar-refractivity contribution is -0.136. The Morgan fingerprint density at radius 3 is 1.98 bits per heavy atom. The number of carbonyl (C=O) groups excluding carboxylic acids is 3. The zero-order chi connectivity index (χ0) is 39.6. The van der Waals surface area contributed by atoms with E-state index in [2.05, 4.69) is 46.3 Å². The molecule has 0 aliphatic carbocycles. The third kappa shape index (κ3) is 8.61. The van der Waals surface area contributed by atoms with Crippen molar-refractivity contribution in [1.82, 2.24) is 40.4 Å². The molecule has 4 amide bonds. The fraction of sp³-hybridized carbons (Fsp3) is 0.463. The highest BCUT2D eigenvalue weighted by Crippen LogP contribution is 2.37. The third-order valence-electron chi connectivity index (χ3n) is 10.5. The molecule has 0 saturated carbocycles. The number of H-pyrrole nitrogens is 2. The highest BCUT2D eigenvalue weighted by molar-refractivity contribution is 5.87. The van der Waals surface area contributed by atoms with Crippen molar-refractivity contribution in [3.63, 3.8) is 0 Å². The summed E-state index contributed by atoms with van der Waals surface area (Å²) in [5.41, 5.74) is 5.00. The molecule has 14 heteroatoms. The number of nitrogens with zero attached hydrogens (tertiary/aromatic N) is 4. The van der Waals surface area contributed by atoms with Gasteiger partial charge in [-0.1, -0.05) is 65.7 Å². The van der Waals surface area contributed by atoms with Crippen molar-refractivity contribution in [1.29, 1.82) is 0 Å². The summed E-state index contributed by atoms with van der Waals surface area (Å²) in [6.45, 7) is 12.7.